The molecule has 2 saturated heterocycles. The maximum Gasteiger partial charge on any atom is 0.243 e. The molecule has 4 atom stereocenters. The van der Waals surface area contributed by atoms with E-state index in [1.807, 2.05) is 18.2 Å². The Morgan fingerprint density at radius 1 is 1.08 bits per heavy atom. The van der Waals surface area contributed by atoms with E-state index in [0.29, 0.717) is 5.56 Å². The maximum atomic E-state index is 13.3. The molecule has 1 N–H and O–H groups in total. The number of nitrogens with one attached hydrogen (secondary N) is 1. The van der Waals surface area contributed by atoms with Gasteiger partial charge in [0.05, 0.1) is 30.2 Å². The highest BCUT2D eigenvalue weighted by Crippen LogP contribution is 2.65. The van der Waals surface area contributed by atoms with E-state index in [-0.39, 0.29) is 0 Å². The van der Waals surface area contributed by atoms with Gasteiger partial charge < -0.3 is 9.47 Å². The molecule has 0 aliphatic carbocycles. The van der Waals surface area contributed by atoms with Crippen LogP contribution in [0, 0.1) is 62.0 Å². The van der Waals surface area contributed by atoms with E-state index in [0.717, 1.165) is 0 Å². The lowest BCUT2D eigenvalue weighted by Gasteiger charge is -2.47. The van der Waals surface area contributed by atoms with Gasteiger partial charge in [0.1, 0.15) is 5.82 Å². The Morgan fingerprint density at radius 2 is 1.67 bits per heavy atom. The monoisotopic (exact) mass is 324 g/mol. The lowest BCUT2D eigenvalue weighted by Crippen LogP contribution is -2.60. The molecule has 0 aromatic heterocycles. The van der Waals surface area contributed by atoms with Gasteiger partial charge in [-0.15, -0.1) is 0 Å². The van der Waals surface area contributed by atoms with Crippen LogP contribution in [0.5, 0.6) is 0 Å². The fraction of sp³-hybridized carbons (Fsp3) is 0.412. The minimum absolute atomic E-state index is 0.426. The summed E-state index contributed by atoms with van der Waals surface area (Å²) in [4.78, 5) is 0. The SMILES string of the molecule is CC1OC2(c3ccc(F)cc3)OC(=N)C(C#N)(C2C)C1(C#N)C#N. The molecule has 1 aromatic carbocycles. The van der Waals surface area contributed by atoms with Crippen molar-refractivity contribution in [2.24, 2.45) is 16.7 Å². The number of fused-ring (bicyclic) bond motifs is 2. The largest absolute Gasteiger partial charge is 0.443 e. The number of nitrogens with zero attached hydrogens (tertiary/aromatic N) is 3. The molecule has 0 radical (unpaired) electrons. The third-order valence-corrected chi connectivity index (χ3v) is 5.19. The highest BCUT2D eigenvalue weighted by Gasteiger charge is 2.78. The van der Waals surface area contributed by atoms with Crippen molar-refractivity contribution < 1.29 is 13.9 Å². The Balaban J connectivity index is 2.29. The van der Waals surface area contributed by atoms with Crippen LogP contribution in [0.3, 0.4) is 0 Å². The maximum absolute atomic E-state index is 13.3. The third-order valence-electron chi connectivity index (χ3n) is 5.19. The first-order valence-electron chi connectivity index (χ1n) is 7.30. The third kappa shape index (κ3) is 1.47. The predicted octanol–water partition coefficient (Wildman–Crippen LogP) is 2.58. The molecule has 4 unspecified atom stereocenters. The van der Waals surface area contributed by atoms with Gasteiger partial charge in [0, 0.05) is 5.56 Å². The summed E-state index contributed by atoms with van der Waals surface area (Å²) >= 11 is 0. The second-order valence-electron chi connectivity index (χ2n) is 6.04. The number of nitriles is 3. The van der Waals surface area contributed by atoms with Crippen molar-refractivity contribution in [2.45, 2.75) is 25.7 Å². The van der Waals surface area contributed by atoms with Crippen molar-refractivity contribution in [3.8, 4) is 18.2 Å². The number of hydrogen-bond donors (Lipinski definition) is 1. The van der Waals surface area contributed by atoms with Gasteiger partial charge in [0.25, 0.3) is 0 Å². The number of halogens is 1. The molecule has 6 nitrogen and oxygen atoms in total. The van der Waals surface area contributed by atoms with Crippen LogP contribution in [0.25, 0.3) is 0 Å². The second kappa shape index (κ2) is 4.77. The summed E-state index contributed by atoms with van der Waals surface area (Å²) in [5.74, 6) is -3.26. The van der Waals surface area contributed by atoms with Crippen LogP contribution >= 0.6 is 0 Å². The van der Waals surface area contributed by atoms with E-state index >= 15 is 0 Å². The summed E-state index contributed by atoms with van der Waals surface area (Å²) in [6, 6.07) is 11.1. The lowest BCUT2D eigenvalue weighted by molar-refractivity contribution is -0.281. The Hall–Kier alpha value is -2.95. The van der Waals surface area contributed by atoms with Crippen LogP contribution in [-0.4, -0.2) is 12.0 Å². The molecule has 24 heavy (non-hydrogen) atoms. The molecule has 2 bridgehead atoms. The zero-order valence-electron chi connectivity index (χ0n) is 13.0. The van der Waals surface area contributed by atoms with Gasteiger partial charge in [-0.25, -0.2) is 4.39 Å². The first-order valence-corrected chi connectivity index (χ1v) is 7.30. The zero-order valence-corrected chi connectivity index (χ0v) is 13.0. The quantitative estimate of drug-likeness (QED) is 0.852. The van der Waals surface area contributed by atoms with Crippen molar-refractivity contribution in [1.29, 1.82) is 21.2 Å². The van der Waals surface area contributed by atoms with Gasteiger partial charge in [0.15, 0.2) is 10.8 Å². The van der Waals surface area contributed by atoms with E-state index in [2.05, 4.69) is 0 Å². The molecule has 0 amide bonds. The summed E-state index contributed by atoms with van der Waals surface area (Å²) in [5.41, 5.74) is -3.23. The summed E-state index contributed by atoms with van der Waals surface area (Å²) in [6.45, 7) is 3.11. The fourth-order valence-corrected chi connectivity index (χ4v) is 3.80. The van der Waals surface area contributed by atoms with Gasteiger partial charge in [-0.05, 0) is 31.2 Å². The van der Waals surface area contributed by atoms with Crippen LogP contribution in [0.2, 0.25) is 0 Å². The average Bonchev–Trinajstić information content (AvgIpc) is 2.74. The van der Waals surface area contributed by atoms with Crippen LogP contribution in [0.15, 0.2) is 24.3 Å². The number of hydrogen-bond acceptors (Lipinski definition) is 6. The molecule has 2 aliphatic heterocycles. The molecule has 7 heteroatoms. The standard InChI is InChI=1S/C17H13FN4O2/c1-10-16(9-21)14(22)24-17(10,12-3-5-13(18)6-4-12)23-11(2)15(16,7-19)8-20/h3-6,10-11,22H,1-2H3. The van der Waals surface area contributed by atoms with Crippen LogP contribution in [-0.2, 0) is 15.3 Å². The van der Waals surface area contributed by atoms with Crippen molar-refractivity contribution in [3.63, 3.8) is 0 Å². The molecular weight excluding hydrogens is 311 g/mol. The number of rotatable bonds is 1. The highest BCUT2D eigenvalue weighted by molar-refractivity contribution is 5.89. The van der Waals surface area contributed by atoms with Gasteiger partial charge in [-0.2, -0.15) is 15.8 Å². The van der Waals surface area contributed by atoms with E-state index in [9.17, 15) is 20.2 Å². The summed E-state index contributed by atoms with van der Waals surface area (Å²) in [7, 11) is 0. The van der Waals surface area contributed by atoms with Gasteiger partial charge >= 0.3 is 0 Å². The molecule has 2 aliphatic rings. The van der Waals surface area contributed by atoms with Gasteiger partial charge in [-0.3, -0.25) is 5.41 Å². The van der Waals surface area contributed by atoms with E-state index in [1.54, 1.807) is 6.92 Å². The first-order chi connectivity index (χ1) is 11.3. The van der Waals surface area contributed by atoms with Crippen molar-refractivity contribution in [2.75, 3.05) is 0 Å². The van der Waals surface area contributed by atoms with E-state index in [4.69, 9.17) is 14.9 Å². The van der Waals surface area contributed by atoms with Crippen LogP contribution < -0.4 is 0 Å². The summed E-state index contributed by atoms with van der Waals surface area (Å²) in [5, 5.41) is 37.4. The Labute approximate surface area is 138 Å². The molecule has 3 rings (SSSR count). The summed E-state index contributed by atoms with van der Waals surface area (Å²) in [6.07, 6.45) is -0.990. The fourth-order valence-electron chi connectivity index (χ4n) is 3.80. The Bertz CT molecular complexity index is 833. The lowest BCUT2D eigenvalue weighted by atomic mass is 9.54. The molecular formula is C17H13FN4O2. The Morgan fingerprint density at radius 3 is 2.17 bits per heavy atom. The van der Waals surface area contributed by atoms with Gasteiger partial charge in [0.2, 0.25) is 11.7 Å². The Kier molecular flexibility index (Phi) is 3.17. The summed E-state index contributed by atoms with van der Waals surface area (Å²) < 4.78 is 24.8. The van der Waals surface area contributed by atoms with Crippen LogP contribution in [0.4, 0.5) is 4.39 Å². The first kappa shape index (κ1) is 15.9. The zero-order chi connectivity index (χ0) is 17.8. The predicted molar refractivity (Wildman–Crippen MR) is 78.3 cm³/mol. The van der Waals surface area contributed by atoms with Gasteiger partial charge in [-0.1, -0.05) is 6.92 Å². The molecule has 0 saturated carbocycles. The van der Waals surface area contributed by atoms with Crippen LogP contribution in [0.1, 0.15) is 19.4 Å². The molecule has 1 aromatic rings. The molecule has 0 spiro atoms. The molecule has 2 heterocycles. The average molecular weight is 324 g/mol. The van der Waals surface area contributed by atoms with E-state index < -0.39 is 40.4 Å². The minimum atomic E-state index is -1.88. The normalized spacial score (nSPS) is 36.1. The molecule has 2 fully saturated rings. The smallest absolute Gasteiger partial charge is 0.243 e. The van der Waals surface area contributed by atoms with Crippen molar-refractivity contribution in [1.82, 2.24) is 0 Å². The second-order valence-corrected chi connectivity index (χ2v) is 6.04. The topological polar surface area (TPSA) is 114 Å². The number of benzene rings is 1. The van der Waals surface area contributed by atoms with Crippen molar-refractivity contribution in [3.05, 3.63) is 35.6 Å². The molecule has 120 valence electrons. The minimum Gasteiger partial charge on any atom is -0.443 e. The highest BCUT2D eigenvalue weighted by atomic mass is 19.1. The number of ether oxygens (including phenoxy) is 2. The van der Waals surface area contributed by atoms with E-state index in [1.165, 1.54) is 31.2 Å². The van der Waals surface area contributed by atoms with Crippen molar-refractivity contribution >= 4 is 5.90 Å².